The summed E-state index contributed by atoms with van der Waals surface area (Å²) in [6, 6.07) is 8.39. The van der Waals surface area contributed by atoms with Gasteiger partial charge in [0.05, 0.1) is 22.8 Å². The van der Waals surface area contributed by atoms with E-state index in [4.69, 9.17) is 11.6 Å². The Kier molecular flexibility index (Phi) is 5.98. The maximum Gasteiger partial charge on any atom is 0.242 e. The second-order valence-electron chi connectivity index (χ2n) is 6.39. The summed E-state index contributed by atoms with van der Waals surface area (Å²) < 4.78 is 27.1. The zero-order valence-corrected chi connectivity index (χ0v) is 16.4. The summed E-state index contributed by atoms with van der Waals surface area (Å²) in [4.78, 5) is 18.9. The highest BCUT2D eigenvalue weighted by molar-refractivity contribution is 7.89. The quantitative estimate of drug-likeness (QED) is 0.766. The molecule has 1 aromatic carbocycles. The fourth-order valence-electron chi connectivity index (χ4n) is 2.81. The van der Waals surface area contributed by atoms with Crippen LogP contribution in [-0.2, 0) is 14.8 Å². The molecule has 1 amide bonds. The molecule has 2 N–H and O–H groups in total. The average Bonchev–Trinajstić information content (AvgIpc) is 3.17. The van der Waals surface area contributed by atoms with Gasteiger partial charge in [-0.15, -0.1) is 0 Å². The Hall–Kier alpha value is -2.16. The number of halogens is 1. The SMILES string of the molecule is CC(NS(=O)(=O)c1ccc(Cl)cc1)C(=O)Nc1ccc(N2CCCC2)nc1. The van der Waals surface area contributed by atoms with Crippen LogP contribution in [0.25, 0.3) is 0 Å². The van der Waals surface area contributed by atoms with Gasteiger partial charge in [-0.3, -0.25) is 4.79 Å². The van der Waals surface area contributed by atoms with Crippen LogP contribution in [0.2, 0.25) is 5.02 Å². The highest BCUT2D eigenvalue weighted by atomic mass is 35.5. The minimum atomic E-state index is -3.82. The first kappa shape index (κ1) is 19.6. The second-order valence-corrected chi connectivity index (χ2v) is 8.54. The Morgan fingerprint density at radius 3 is 2.41 bits per heavy atom. The van der Waals surface area contributed by atoms with E-state index in [1.807, 2.05) is 6.07 Å². The third kappa shape index (κ3) is 4.97. The molecule has 27 heavy (non-hydrogen) atoms. The van der Waals surface area contributed by atoms with Gasteiger partial charge in [0.25, 0.3) is 0 Å². The van der Waals surface area contributed by atoms with Crippen molar-refractivity contribution in [1.29, 1.82) is 0 Å². The van der Waals surface area contributed by atoms with E-state index in [2.05, 4.69) is 19.9 Å². The van der Waals surface area contributed by atoms with Crippen molar-refractivity contribution in [3.8, 4) is 0 Å². The molecule has 1 aliphatic heterocycles. The highest BCUT2D eigenvalue weighted by Gasteiger charge is 2.22. The molecule has 1 saturated heterocycles. The van der Waals surface area contributed by atoms with Crippen molar-refractivity contribution < 1.29 is 13.2 Å². The molecule has 0 radical (unpaired) electrons. The number of benzene rings is 1. The zero-order valence-electron chi connectivity index (χ0n) is 14.9. The molecule has 3 rings (SSSR count). The second kappa shape index (κ2) is 8.24. The Morgan fingerprint density at radius 1 is 1.15 bits per heavy atom. The van der Waals surface area contributed by atoms with Crippen molar-refractivity contribution in [3.63, 3.8) is 0 Å². The number of sulfonamides is 1. The number of hydrogen-bond acceptors (Lipinski definition) is 5. The first-order chi connectivity index (χ1) is 12.8. The monoisotopic (exact) mass is 408 g/mol. The summed E-state index contributed by atoms with van der Waals surface area (Å²) in [5.41, 5.74) is 0.514. The molecule has 2 heterocycles. The van der Waals surface area contributed by atoms with Gasteiger partial charge in [0, 0.05) is 18.1 Å². The fourth-order valence-corrected chi connectivity index (χ4v) is 4.14. The largest absolute Gasteiger partial charge is 0.357 e. The van der Waals surface area contributed by atoms with Gasteiger partial charge in [-0.05, 0) is 56.2 Å². The van der Waals surface area contributed by atoms with E-state index in [-0.39, 0.29) is 4.90 Å². The summed E-state index contributed by atoms with van der Waals surface area (Å²) in [5.74, 6) is 0.408. The fraction of sp³-hybridized carbons (Fsp3) is 0.333. The van der Waals surface area contributed by atoms with E-state index in [0.717, 1.165) is 31.7 Å². The van der Waals surface area contributed by atoms with Crippen molar-refractivity contribution in [1.82, 2.24) is 9.71 Å². The highest BCUT2D eigenvalue weighted by Crippen LogP contribution is 2.19. The van der Waals surface area contributed by atoms with Gasteiger partial charge < -0.3 is 10.2 Å². The van der Waals surface area contributed by atoms with Crippen LogP contribution in [0.1, 0.15) is 19.8 Å². The first-order valence-electron chi connectivity index (χ1n) is 8.65. The van der Waals surface area contributed by atoms with Crippen molar-refractivity contribution >= 4 is 39.0 Å². The normalized spacial score (nSPS) is 15.6. The molecule has 2 aromatic rings. The molecule has 0 aliphatic carbocycles. The molecule has 144 valence electrons. The van der Waals surface area contributed by atoms with Crippen LogP contribution in [0, 0.1) is 0 Å². The average molecular weight is 409 g/mol. The third-order valence-electron chi connectivity index (χ3n) is 4.29. The van der Waals surface area contributed by atoms with Gasteiger partial charge in [0.15, 0.2) is 0 Å². The molecule has 0 spiro atoms. The Morgan fingerprint density at radius 2 is 1.81 bits per heavy atom. The Labute approximate surface area is 163 Å². The number of carbonyl (C=O) groups is 1. The number of nitrogens with one attached hydrogen (secondary N) is 2. The lowest BCUT2D eigenvalue weighted by atomic mass is 10.3. The molecule has 0 saturated carbocycles. The predicted molar refractivity (Wildman–Crippen MR) is 106 cm³/mol. The topological polar surface area (TPSA) is 91.4 Å². The molecule has 1 aliphatic rings. The summed E-state index contributed by atoms with van der Waals surface area (Å²) in [6.45, 7) is 3.46. The predicted octanol–water partition coefficient (Wildman–Crippen LogP) is 2.64. The van der Waals surface area contributed by atoms with Crippen LogP contribution in [0.4, 0.5) is 11.5 Å². The number of pyridine rings is 1. The molecule has 0 bridgehead atoms. The minimum absolute atomic E-state index is 0.0446. The first-order valence-corrected chi connectivity index (χ1v) is 10.5. The molecule has 1 aromatic heterocycles. The van der Waals surface area contributed by atoms with Crippen LogP contribution in [-0.4, -0.2) is 38.4 Å². The van der Waals surface area contributed by atoms with E-state index < -0.39 is 22.0 Å². The lowest BCUT2D eigenvalue weighted by Crippen LogP contribution is -2.41. The van der Waals surface area contributed by atoms with E-state index in [1.54, 1.807) is 12.3 Å². The zero-order chi connectivity index (χ0) is 19.4. The number of hydrogen-bond donors (Lipinski definition) is 2. The van der Waals surface area contributed by atoms with Crippen LogP contribution in [0.3, 0.4) is 0 Å². The molecule has 1 atom stereocenters. The summed E-state index contributed by atoms with van der Waals surface area (Å²) >= 11 is 5.77. The summed E-state index contributed by atoms with van der Waals surface area (Å²) in [7, 11) is -3.82. The molecule has 9 heteroatoms. The number of amides is 1. The van der Waals surface area contributed by atoms with Crippen molar-refractivity contribution in [2.45, 2.75) is 30.7 Å². The Balaban J connectivity index is 1.60. The van der Waals surface area contributed by atoms with Gasteiger partial charge in [-0.1, -0.05) is 11.6 Å². The number of anilines is 2. The minimum Gasteiger partial charge on any atom is -0.357 e. The Bertz CT molecular complexity index is 895. The maximum absolute atomic E-state index is 12.4. The van der Waals surface area contributed by atoms with Gasteiger partial charge in [-0.2, -0.15) is 4.72 Å². The number of carbonyl (C=O) groups excluding carboxylic acids is 1. The van der Waals surface area contributed by atoms with Crippen LogP contribution < -0.4 is 14.9 Å². The third-order valence-corrected chi connectivity index (χ3v) is 6.10. The molecular formula is C18H21ClN4O3S. The van der Waals surface area contributed by atoms with Gasteiger partial charge >= 0.3 is 0 Å². The van der Waals surface area contributed by atoms with Crippen LogP contribution in [0.5, 0.6) is 0 Å². The van der Waals surface area contributed by atoms with E-state index in [9.17, 15) is 13.2 Å². The smallest absolute Gasteiger partial charge is 0.242 e. The number of nitrogens with zero attached hydrogens (tertiary/aromatic N) is 2. The lowest BCUT2D eigenvalue weighted by Gasteiger charge is -2.17. The van der Waals surface area contributed by atoms with Crippen molar-refractivity contribution in [2.24, 2.45) is 0 Å². The van der Waals surface area contributed by atoms with Gasteiger partial charge in [-0.25, -0.2) is 13.4 Å². The molecule has 1 unspecified atom stereocenters. The van der Waals surface area contributed by atoms with E-state index in [0.29, 0.717) is 10.7 Å². The van der Waals surface area contributed by atoms with E-state index >= 15 is 0 Å². The van der Waals surface area contributed by atoms with Gasteiger partial charge in [0.2, 0.25) is 15.9 Å². The number of rotatable bonds is 6. The van der Waals surface area contributed by atoms with Gasteiger partial charge in [0.1, 0.15) is 5.82 Å². The summed E-state index contributed by atoms with van der Waals surface area (Å²) in [5, 5.41) is 3.11. The van der Waals surface area contributed by atoms with Crippen molar-refractivity contribution in [2.75, 3.05) is 23.3 Å². The molecule has 1 fully saturated rings. The van der Waals surface area contributed by atoms with Crippen LogP contribution >= 0.6 is 11.6 Å². The number of aromatic nitrogens is 1. The van der Waals surface area contributed by atoms with Crippen molar-refractivity contribution in [3.05, 3.63) is 47.6 Å². The van der Waals surface area contributed by atoms with E-state index in [1.165, 1.54) is 31.2 Å². The maximum atomic E-state index is 12.4. The lowest BCUT2D eigenvalue weighted by molar-refractivity contribution is -0.117. The molecular weight excluding hydrogens is 388 g/mol. The standard InChI is InChI=1S/C18H21ClN4O3S/c1-13(22-27(25,26)16-7-4-14(19)5-8-16)18(24)21-15-6-9-17(20-12-15)23-10-2-3-11-23/h4-9,12-13,22H,2-3,10-11H2,1H3,(H,21,24). The summed E-state index contributed by atoms with van der Waals surface area (Å²) in [6.07, 6.45) is 3.89. The van der Waals surface area contributed by atoms with Crippen LogP contribution in [0.15, 0.2) is 47.5 Å². The molecule has 7 nitrogen and oxygen atoms in total.